The number of ether oxygens (including phenoxy) is 3. The highest BCUT2D eigenvalue weighted by Crippen LogP contribution is 2.20. The van der Waals surface area contributed by atoms with Gasteiger partial charge in [-0.1, -0.05) is 6.07 Å². The molecule has 8 nitrogen and oxygen atoms in total. The average molecular weight is 462 g/mol. The van der Waals surface area contributed by atoms with Gasteiger partial charge in [-0.3, -0.25) is 9.59 Å². The lowest BCUT2D eigenvalue weighted by Crippen LogP contribution is -2.20. The molecule has 3 aromatic rings. The largest absolute Gasteiger partial charge is 0.496 e. The number of nitrogens with zero attached hydrogens (tertiary/aromatic N) is 1. The quantitative estimate of drug-likeness (QED) is 0.349. The van der Waals surface area contributed by atoms with E-state index in [0.29, 0.717) is 29.4 Å². The molecule has 0 unspecified atom stereocenters. The molecule has 2 amide bonds. The van der Waals surface area contributed by atoms with Gasteiger partial charge in [0.2, 0.25) is 0 Å². The third kappa shape index (κ3) is 7.09. The Hall–Kier alpha value is -4.33. The summed E-state index contributed by atoms with van der Waals surface area (Å²) in [4.78, 5) is 24.4. The Bertz CT molecular complexity index is 1140. The van der Waals surface area contributed by atoms with E-state index >= 15 is 0 Å². The lowest BCUT2D eigenvalue weighted by atomic mass is 10.1. The zero-order valence-corrected chi connectivity index (χ0v) is 19.3. The molecular formula is C26H27N3O5. The fourth-order valence-corrected chi connectivity index (χ4v) is 3.01. The van der Waals surface area contributed by atoms with Crippen LogP contribution in [-0.4, -0.2) is 38.4 Å². The zero-order valence-electron chi connectivity index (χ0n) is 19.3. The first kappa shape index (κ1) is 24.3. The monoisotopic (exact) mass is 461 g/mol. The molecule has 8 heteroatoms. The number of rotatable bonds is 10. The van der Waals surface area contributed by atoms with E-state index in [1.807, 2.05) is 19.9 Å². The summed E-state index contributed by atoms with van der Waals surface area (Å²) < 4.78 is 16.2. The van der Waals surface area contributed by atoms with E-state index < -0.39 is 0 Å². The van der Waals surface area contributed by atoms with Gasteiger partial charge < -0.3 is 19.5 Å². The smallest absolute Gasteiger partial charge is 0.275 e. The highest BCUT2D eigenvalue weighted by molar-refractivity contribution is 5.97. The summed E-state index contributed by atoms with van der Waals surface area (Å²) in [5, 5.41) is 6.76. The summed E-state index contributed by atoms with van der Waals surface area (Å²) >= 11 is 0. The van der Waals surface area contributed by atoms with Gasteiger partial charge in [0.1, 0.15) is 17.2 Å². The molecular weight excluding hydrogens is 434 g/mol. The normalized spacial score (nSPS) is 10.6. The van der Waals surface area contributed by atoms with Gasteiger partial charge in [0.25, 0.3) is 11.8 Å². The van der Waals surface area contributed by atoms with Crippen LogP contribution in [0.25, 0.3) is 0 Å². The number of hydrazone groups is 1. The number of amides is 2. The molecule has 0 heterocycles. The second kappa shape index (κ2) is 12.1. The van der Waals surface area contributed by atoms with E-state index in [1.165, 1.54) is 13.3 Å². The van der Waals surface area contributed by atoms with Crippen LogP contribution in [0.4, 0.5) is 5.69 Å². The number of nitrogens with one attached hydrogen (secondary N) is 2. The maximum absolute atomic E-state index is 12.3. The van der Waals surface area contributed by atoms with Crippen molar-refractivity contribution in [2.75, 3.05) is 25.6 Å². The Morgan fingerprint density at radius 3 is 2.29 bits per heavy atom. The van der Waals surface area contributed by atoms with E-state index in [9.17, 15) is 9.59 Å². The molecule has 0 spiro atoms. The van der Waals surface area contributed by atoms with E-state index in [1.54, 1.807) is 60.7 Å². The number of methoxy groups -OCH3 is 1. The van der Waals surface area contributed by atoms with Crippen LogP contribution in [0.5, 0.6) is 17.2 Å². The minimum Gasteiger partial charge on any atom is -0.496 e. The summed E-state index contributed by atoms with van der Waals surface area (Å²) in [5.41, 5.74) is 5.30. The van der Waals surface area contributed by atoms with Crippen LogP contribution in [0.1, 0.15) is 28.4 Å². The summed E-state index contributed by atoms with van der Waals surface area (Å²) in [6.07, 6.45) is 1.51. The van der Waals surface area contributed by atoms with Crippen molar-refractivity contribution in [2.45, 2.75) is 13.8 Å². The fraction of sp³-hybridized carbons (Fsp3) is 0.192. The van der Waals surface area contributed by atoms with Gasteiger partial charge in [0.05, 0.1) is 25.5 Å². The third-order valence-electron chi connectivity index (χ3n) is 4.68. The lowest BCUT2D eigenvalue weighted by Gasteiger charge is -2.09. The van der Waals surface area contributed by atoms with Gasteiger partial charge >= 0.3 is 0 Å². The molecule has 3 aromatic carbocycles. The standard InChI is InChI=1S/C26H27N3O5/c1-4-33-21-12-8-20(9-13-21)28-25(30)17-34-22-10-6-19(7-11-22)16-27-29-26(31)23-14-5-18(2)15-24(23)32-3/h5-16H,4,17H2,1-3H3,(H,28,30)(H,29,31)/b27-16-. The Balaban J connectivity index is 1.46. The molecule has 0 aliphatic carbocycles. The van der Waals surface area contributed by atoms with Crippen LogP contribution in [0, 0.1) is 6.92 Å². The number of benzene rings is 3. The summed E-state index contributed by atoms with van der Waals surface area (Å²) in [5.74, 6) is 1.12. The molecule has 0 saturated carbocycles. The van der Waals surface area contributed by atoms with E-state index in [0.717, 1.165) is 16.9 Å². The first-order valence-corrected chi connectivity index (χ1v) is 10.7. The molecule has 0 aliphatic rings. The van der Waals surface area contributed by atoms with Gasteiger partial charge in [0.15, 0.2) is 6.61 Å². The Kier molecular flexibility index (Phi) is 8.62. The van der Waals surface area contributed by atoms with Gasteiger partial charge in [0, 0.05) is 5.69 Å². The predicted molar refractivity (Wildman–Crippen MR) is 131 cm³/mol. The van der Waals surface area contributed by atoms with Crippen LogP contribution in [0.3, 0.4) is 0 Å². The maximum atomic E-state index is 12.3. The van der Waals surface area contributed by atoms with Crippen LogP contribution < -0.4 is 25.0 Å². The van der Waals surface area contributed by atoms with E-state index in [2.05, 4.69) is 15.8 Å². The average Bonchev–Trinajstić information content (AvgIpc) is 2.84. The molecule has 0 atom stereocenters. The van der Waals surface area contributed by atoms with Crippen molar-refractivity contribution in [2.24, 2.45) is 5.10 Å². The molecule has 176 valence electrons. The SMILES string of the molecule is CCOc1ccc(NC(=O)COc2ccc(/C=N\NC(=O)c3ccc(C)cc3OC)cc2)cc1. The highest BCUT2D eigenvalue weighted by Gasteiger charge is 2.11. The third-order valence-corrected chi connectivity index (χ3v) is 4.68. The Labute approximate surface area is 198 Å². The molecule has 0 fully saturated rings. The van der Waals surface area contributed by atoms with Gasteiger partial charge in [-0.2, -0.15) is 5.10 Å². The van der Waals surface area contributed by atoms with Crippen molar-refractivity contribution in [1.29, 1.82) is 0 Å². The molecule has 0 aromatic heterocycles. The first-order valence-electron chi connectivity index (χ1n) is 10.7. The molecule has 34 heavy (non-hydrogen) atoms. The molecule has 0 saturated heterocycles. The number of carbonyl (C=O) groups excluding carboxylic acids is 2. The maximum Gasteiger partial charge on any atom is 0.275 e. The minimum atomic E-state index is -0.369. The van der Waals surface area contributed by atoms with Crippen molar-refractivity contribution >= 4 is 23.7 Å². The van der Waals surface area contributed by atoms with Crippen LogP contribution in [-0.2, 0) is 4.79 Å². The van der Waals surface area contributed by atoms with Gasteiger partial charge in [-0.15, -0.1) is 0 Å². The highest BCUT2D eigenvalue weighted by atomic mass is 16.5. The van der Waals surface area contributed by atoms with Crippen molar-refractivity contribution in [3.05, 3.63) is 83.4 Å². The second-order valence-corrected chi connectivity index (χ2v) is 7.27. The minimum absolute atomic E-state index is 0.130. The summed E-state index contributed by atoms with van der Waals surface area (Å²) in [7, 11) is 1.52. The fourth-order valence-electron chi connectivity index (χ4n) is 3.01. The topological polar surface area (TPSA) is 98.3 Å². The molecule has 2 N–H and O–H groups in total. The number of hydrogen-bond donors (Lipinski definition) is 2. The summed E-state index contributed by atoms with van der Waals surface area (Å²) in [6.45, 7) is 4.29. The number of anilines is 1. The second-order valence-electron chi connectivity index (χ2n) is 7.27. The number of aryl methyl sites for hydroxylation is 1. The van der Waals surface area contributed by atoms with Crippen molar-refractivity contribution in [3.63, 3.8) is 0 Å². The predicted octanol–water partition coefficient (Wildman–Crippen LogP) is 4.18. The molecule has 3 rings (SSSR count). The molecule has 0 radical (unpaired) electrons. The Morgan fingerprint density at radius 2 is 1.62 bits per heavy atom. The van der Waals surface area contributed by atoms with Crippen molar-refractivity contribution < 1.29 is 23.8 Å². The van der Waals surface area contributed by atoms with Crippen molar-refractivity contribution in [1.82, 2.24) is 5.43 Å². The van der Waals surface area contributed by atoms with Crippen LogP contribution >= 0.6 is 0 Å². The lowest BCUT2D eigenvalue weighted by molar-refractivity contribution is -0.118. The van der Waals surface area contributed by atoms with Crippen molar-refractivity contribution in [3.8, 4) is 17.2 Å². The van der Waals surface area contributed by atoms with E-state index in [-0.39, 0.29) is 18.4 Å². The molecule has 0 aliphatic heterocycles. The van der Waals surface area contributed by atoms with Gasteiger partial charge in [-0.25, -0.2) is 5.43 Å². The van der Waals surface area contributed by atoms with Crippen LogP contribution in [0.2, 0.25) is 0 Å². The molecule has 0 bridgehead atoms. The van der Waals surface area contributed by atoms with Gasteiger partial charge in [-0.05, 0) is 85.6 Å². The van der Waals surface area contributed by atoms with E-state index in [4.69, 9.17) is 14.2 Å². The zero-order chi connectivity index (χ0) is 24.3. The van der Waals surface area contributed by atoms with Crippen LogP contribution in [0.15, 0.2) is 71.8 Å². The Morgan fingerprint density at radius 1 is 0.941 bits per heavy atom. The first-order chi connectivity index (χ1) is 16.5. The number of carbonyl (C=O) groups is 2. The summed E-state index contributed by atoms with van der Waals surface area (Å²) in [6, 6.07) is 19.4. The number of hydrogen-bond acceptors (Lipinski definition) is 6.